The Bertz CT molecular complexity index is 617. The van der Waals surface area contributed by atoms with E-state index in [1.807, 2.05) is 0 Å². The number of phenols is 2. The molecule has 0 aliphatic rings. The van der Waals surface area contributed by atoms with Crippen LogP contribution in [0, 0.1) is 0 Å². The molecule has 0 radical (unpaired) electrons. The standard InChI is InChI=1S/C21H33NO2S/c1-5-6-7-11-17-14-19(23)18(20(24)21(17)25-22)13-12-16(4)10-8-9-15(2)3/h9,12,14,23-24H,5-8,10-11,13,22H2,1-4H3/b16-12+. The Labute approximate surface area is 157 Å². The van der Waals surface area contributed by atoms with Gasteiger partial charge in [0.05, 0.1) is 4.90 Å². The third-order valence-electron chi connectivity index (χ3n) is 4.33. The van der Waals surface area contributed by atoms with E-state index >= 15 is 0 Å². The molecule has 0 atom stereocenters. The highest BCUT2D eigenvalue weighted by atomic mass is 32.2. The quantitative estimate of drug-likeness (QED) is 0.270. The summed E-state index contributed by atoms with van der Waals surface area (Å²) in [6.07, 6.45) is 10.9. The molecule has 3 nitrogen and oxygen atoms in total. The van der Waals surface area contributed by atoms with E-state index in [2.05, 4.69) is 39.8 Å². The summed E-state index contributed by atoms with van der Waals surface area (Å²) in [6.45, 7) is 8.44. The number of hydrogen-bond acceptors (Lipinski definition) is 4. The van der Waals surface area contributed by atoms with Gasteiger partial charge in [-0.25, -0.2) is 0 Å². The first-order valence-electron chi connectivity index (χ1n) is 9.13. The Morgan fingerprint density at radius 1 is 1.16 bits per heavy atom. The number of unbranched alkanes of at least 4 members (excludes halogenated alkanes) is 2. The molecular weight excluding hydrogens is 330 g/mol. The first kappa shape index (κ1) is 21.7. The number of aryl methyl sites for hydroxylation is 1. The van der Waals surface area contributed by atoms with E-state index in [0.717, 1.165) is 56.0 Å². The Hall–Kier alpha value is -1.39. The van der Waals surface area contributed by atoms with Crippen LogP contribution in [0.3, 0.4) is 0 Å². The van der Waals surface area contributed by atoms with E-state index in [4.69, 9.17) is 5.14 Å². The van der Waals surface area contributed by atoms with Gasteiger partial charge in [-0.15, -0.1) is 0 Å². The second-order valence-corrected chi connectivity index (χ2v) is 7.50. The van der Waals surface area contributed by atoms with Crippen molar-refractivity contribution in [3.8, 4) is 11.5 Å². The lowest BCUT2D eigenvalue weighted by atomic mass is 10.00. The average molecular weight is 364 g/mol. The van der Waals surface area contributed by atoms with E-state index in [1.54, 1.807) is 6.07 Å². The minimum Gasteiger partial charge on any atom is -0.508 e. The minimum absolute atomic E-state index is 0.132. The van der Waals surface area contributed by atoms with E-state index in [9.17, 15) is 10.2 Å². The number of aromatic hydroxyl groups is 2. The van der Waals surface area contributed by atoms with Crippen molar-refractivity contribution in [3.63, 3.8) is 0 Å². The monoisotopic (exact) mass is 363 g/mol. The fourth-order valence-corrected chi connectivity index (χ4v) is 3.33. The van der Waals surface area contributed by atoms with Crippen molar-refractivity contribution >= 4 is 11.9 Å². The zero-order chi connectivity index (χ0) is 18.8. The smallest absolute Gasteiger partial charge is 0.137 e. The van der Waals surface area contributed by atoms with Gasteiger partial charge in [0.15, 0.2) is 0 Å². The zero-order valence-corrected chi connectivity index (χ0v) is 16.9. The summed E-state index contributed by atoms with van der Waals surface area (Å²) >= 11 is 1.06. The molecule has 0 aliphatic carbocycles. The van der Waals surface area contributed by atoms with Crippen LogP contribution in [0.15, 0.2) is 34.3 Å². The average Bonchev–Trinajstić information content (AvgIpc) is 2.54. The number of nitrogens with two attached hydrogens (primary N) is 1. The van der Waals surface area contributed by atoms with Gasteiger partial charge in [0.2, 0.25) is 0 Å². The molecule has 25 heavy (non-hydrogen) atoms. The summed E-state index contributed by atoms with van der Waals surface area (Å²) in [5.41, 5.74) is 4.08. The molecule has 1 aromatic carbocycles. The van der Waals surface area contributed by atoms with E-state index in [-0.39, 0.29) is 11.5 Å². The molecule has 0 aliphatic heterocycles. The maximum Gasteiger partial charge on any atom is 0.137 e. The molecule has 0 saturated heterocycles. The third kappa shape index (κ3) is 7.17. The van der Waals surface area contributed by atoms with Gasteiger partial charge in [-0.2, -0.15) is 0 Å². The SMILES string of the molecule is CCCCCc1cc(O)c(C/C=C(\C)CCC=C(C)C)c(O)c1SN. The highest BCUT2D eigenvalue weighted by Crippen LogP contribution is 2.39. The number of benzene rings is 1. The maximum absolute atomic E-state index is 10.6. The van der Waals surface area contributed by atoms with Gasteiger partial charge in [-0.1, -0.05) is 43.1 Å². The summed E-state index contributed by atoms with van der Waals surface area (Å²) < 4.78 is 0. The topological polar surface area (TPSA) is 66.5 Å². The van der Waals surface area contributed by atoms with Crippen molar-refractivity contribution in [2.45, 2.75) is 77.5 Å². The maximum atomic E-state index is 10.6. The summed E-state index contributed by atoms with van der Waals surface area (Å²) in [6, 6.07) is 1.77. The van der Waals surface area contributed by atoms with Gasteiger partial charge in [0, 0.05) is 5.56 Å². The van der Waals surface area contributed by atoms with Crippen LogP contribution >= 0.6 is 11.9 Å². The Kier molecular flexibility index (Phi) is 9.76. The second-order valence-electron chi connectivity index (χ2n) is 6.86. The molecule has 0 amide bonds. The molecule has 0 heterocycles. The lowest BCUT2D eigenvalue weighted by Crippen LogP contribution is -1.97. The number of rotatable bonds is 10. The molecular formula is C21H33NO2S. The molecule has 0 unspecified atom stereocenters. The largest absolute Gasteiger partial charge is 0.508 e. The van der Waals surface area contributed by atoms with Crippen molar-refractivity contribution in [2.75, 3.05) is 0 Å². The van der Waals surface area contributed by atoms with Gasteiger partial charge in [0.1, 0.15) is 11.5 Å². The predicted octanol–water partition coefficient (Wildman–Crippen LogP) is 6.03. The van der Waals surface area contributed by atoms with Crippen molar-refractivity contribution in [1.82, 2.24) is 0 Å². The fourth-order valence-electron chi connectivity index (χ4n) is 2.78. The summed E-state index contributed by atoms with van der Waals surface area (Å²) in [5, 5.41) is 26.7. The molecule has 0 saturated carbocycles. The number of phenolic OH excluding ortho intramolecular Hbond substituents is 2. The molecule has 1 aromatic rings. The number of hydrogen-bond donors (Lipinski definition) is 3. The van der Waals surface area contributed by atoms with Gasteiger partial charge in [-0.3, -0.25) is 5.14 Å². The molecule has 0 aromatic heterocycles. The Morgan fingerprint density at radius 3 is 2.48 bits per heavy atom. The highest BCUT2D eigenvalue weighted by Gasteiger charge is 2.16. The second kappa shape index (κ2) is 11.3. The molecule has 1 rings (SSSR count). The molecule has 4 N–H and O–H groups in total. The minimum atomic E-state index is 0.132. The van der Waals surface area contributed by atoms with E-state index in [0.29, 0.717) is 16.9 Å². The molecule has 0 spiro atoms. The molecule has 0 bridgehead atoms. The zero-order valence-electron chi connectivity index (χ0n) is 16.1. The molecule has 4 heteroatoms. The molecule has 0 fully saturated rings. The van der Waals surface area contributed by atoms with E-state index < -0.39 is 0 Å². The van der Waals surface area contributed by atoms with Crippen LogP contribution < -0.4 is 5.14 Å². The van der Waals surface area contributed by atoms with Crippen LogP contribution in [0.25, 0.3) is 0 Å². The lowest BCUT2D eigenvalue weighted by Gasteiger charge is -2.14. The van der Waals surface area contributed by atoms with Crippen LogP contribution in [0.4, 0.5) is 0 Å². The van der Waals surface area contributed by atoms with Gasteiger partial charge in [0.25, 0.3) is 0 Å². The van der Waals surface area contributed by atoms with Crippen LogP contribution in [-0.2, 0) is 12.8 Å². The summed E-state index contributed by atoms with van der Waals surface area (Å²) in [5.74, 6) is 0.294. The van der Waals surface area contributed by atoms with Gasteiger partial charge < -0.3 is 10.2 Å². The van der Waals surface area contributed by atoms with Crippen LogP contribution in [0.5, 0.6) is 11.5 Å². The van der Waals surface area contributed by atoms with Crippen molar-refractivity contribution in [2.24, 2.45) is 5.14 Å². The van der Waals surface area contributed by atoms with Crippen molar-refractivity contribution in [3.05, 3.63) is 40.5 Å². The van der Waals surface area contributed by atoms with Crippen LogP contribution in [0.1, 0.15) is 70.9 Å². The first-order chi connectivity index (χ1) is 11.9. The third-order valence-corrected chi connectivity index (χ3v) is 5.02. The predicted molar refractivity (Wildman–Crippen MR) is 109 cm³/mol. The molecule has 140 valence electrons. The Balaban J connectivity index is 2.91. The van der Waals surface area contributed by atoms with E-state index in [1.165, 1.54) is 11.1 Å². The number of allylic oxidation sites excluding steroid dienone is 4. The van der Waals surface area contributed by atoms with Gasteiger partial charge in [-0.05, 0) is 76.5 Å². The fraction of sp³-hybridized carbons (Fsp3) is 0.524. The first-order valence-corrected chi connectivity index (χ1v) is 10.0. The van der Waals surface area contributed by atoms with Crippen LogP contribution in [0.2, 0.25) is 0 Å². The summed E-state index contributed by atoms with van der Waals surface area (Å²) in [7, 11) is 0. The van der Waals surface area contributed by atoms with Crippen LogP contribution in [-0.4, -0.2) is 10.2 Å². The van der Waals surface area contributed by atoms with Gasteiger partial charge >= 0.3 is 0 Å². The highest BCUT2D eigenvalue weighted by molar-refractivity contribution is 7.97. The summed E-state index contributed by atoms with van der Waals surface area (Å²) in [4.78, 5) is 0.694. The normalized spacial score (nSPS) is 11.6. The van der Waals surface area contributed by atoms with Crippen molar-refractivity contribution in [1.29, 1.82) is 0 Å². The van der Waals surface area contributed by atoms with Crippen molar-refractivity contribution < 1.29 is 10.2 Å². The lowest BCUT2D eigenvalue weighted by molar-refractivity contribution is 0.429. The Morgan fingerprint density at radius 2 is 1.88 bits per heavy atom.